The van der Waals surface area contributed by atoms with Gasteiger partial charge in [-0.25, -0.2) is 0 Å². The quantitative estimate of drug-likeness (QED) is 0.356. The molecule has 0 radical (unpaired) electrons. The molecule has 0 saturated heterocycles. The smallest absolute Gasteiger partial charge is 1.00 e. The van der Waals surface area contributed by atoms with Gasteiger partial charge in [0.25, 0.3) is 0 Å². The SMILES string of the molecule is C[C@H](CCC(=O)O)[C@H]1CC[C@H]2[C@@H]3[C@H](O)C[C@@H]4C[C@H](O)CC[C@]4(C)[C@H]3C[C@H](O)[C@]12C.[H-].[H-].[Na+].[Na+]. The summed E-state index contributed by atoms with van der Waals surface area (Å²) < 4.78 is 0. The van der Waals surface area contributed by atoms with Crippen molar-refractivity contribution in [3.63, 3.8) is 0 Å². The number of aliphatic carboxylic acids is 1. The van der Waals surface area contributed by atoms with Crippen molar-refractivity contribution in [2.75, 3.05) is 0 Å². The predicted octanol–water partition coefficient (Wildman–Crippen LogP) is -2.32. The van der Waals surface area contributed by atoms with Crippen molar-refractivity contribution < 1.29 is 87.2 Å². The molecule has 0 spiro atoms. The maximum Gasteiger partial charge on any atom is 1.00 e. The van der Waals surface area contributed by atoms with E-state index >= 15 is 0 Å². The first-order chi connectivity index (χ1) is 13.6. The van der Waals surface area contributed by atoms with E-state index in [1.165, 1.54) is 0 Å². The summed E-state index contributed by atoms with van der Waals surface area (Å²) in [7, 11) is 0. The molecule has 4 aliphatic rings. The van der Waals surface area contributed by atoms with E-state index in [1.807, 2.05) is 0 Å². The van der Waals surface area contributed by atoms with Crippen LogP contribution in [0.15, 0.2) is 0 Å². The van der Waals surface area contributed by atoms with Gasteiger partial charge in [-0.3, -0.25) is 4.79 Å². The number of fused-ring (bicyclic) bond motifs is 5. The Kier molecular flexibility index (Phi) is 9.72. The second-order valence-corrected chi connectivity index (χ2v) is 11.4. The van der Waals surface area contributed by atoms with Gasteiger partial charge in [-0.1, -0.05) is 20.8 Å². The molecule has 4 fully saturated rings. The van der Waals surface area contributed by atoms with Crippen LogP contribution in [0, 0.1) is 46.3 Å². The van der Waals surface area contributed by atoms with Gasteiger partial charge in [0.15, 0.2) is 0 Å². The second-order valence-electron chi connectivity index (χ2n) is 11.4. The van der Waals surface area contributed by atoms with Gasteiger partial charge >= 0.3 is 65.1 Å². The van der Waals surface area contributed by atoms with Crippen molar-refractivity contribution in [1.82, 2.24) is 0 Å². The molecule has 31 heavy (non-hydrogen) atoms. The molecule has 0 aliphatic heterocycles. The molecule has 0 aromatic carbocycles. The van der Waals surface area contributed by atoms with Crippen LogP contribution in [0.5, 0.6) is 0 Å². The van der Waals surface area contributed by atoms with Gasteiger partial charge in [-0.05, 0) is 97.7 Å². The maximum atomic E-state index is 11.5. The number of carboxylic acid groups (broad SMARTS) is 1. The Labute approximate surface area is 234 Å². The third kappa shape index (κ3) is 4.76. The largest absolute Gasteiger partial charge is 1.00 e. The van der Waals surface area contributed by atoms with Gasteiger partial charge < -0.3 is 23.3 Å². The average Bonchev–Trinajstić information content (AvgIpc) is 3.01. The van der Waals surface area contributed by atoms with Gasteiger partial charge in [0.05, 0.1) is 18.3 Å². The summed E-state index contributed by atoms with van der Waals surface area (Å²) in [6.45, 7) is 6.72. The van der Waals surface area contributed by atoms with Crippen LogP contribution in [0.3, 0.4) is 0 Å². The van der Waals surface area contributed by atoms with Crippen molar-refractivity contribution in [2.45, 2.75) is 96.9 Å². The molecule has 4 rings (SSSR count). The minimum absolute atomic E-state index is 0. The number of carbonyl (C=O) groups is 1. The maximum absolute atomic E-state index is 11.5. The fourth-order valence-corrected chi connectivity index (χ4v) is 8.68. The fourth-order valence-electron chi connectivity index (χ4n) is 8.68. The molecule has 4 N–H and O–H groups in total. The van der Waals surface area contributed by atoms with E-state index in [0.717, 1.165) is 44.9 Å². The summed E-state index contributed by atoms with van der Waals surface area (Å²) in [5, 5.41) is 42.0. The number of carboxylic acids is 1. The molecule has 11 atom stereocenters. The van der Waals surface area contributed by atoms with Crippen LogP contribution in [-0.2, 0) is 4.79 Å². The Morgan fingerprint density at radius 1 is 1.03 bits per heavy atom. The van der Waals surface area contributed by atoms with Crippen molar-refractivity contribution in [3.05, 3.63) is 0 Å². The normalized spacial score (nSPS) is 49.5. The van der Waals surface area contributed by atoms with E-state index < -0.39 is 12.1 Å². The second kappa shape index (κ2) is 10.5. The summed E-state index contributed by atoms with van der Waals surface area (Å²) in [5.74, 6) is 0.997. The molecule has 4 saturated carbocycles. The molecule has 0 heterocycles. The molecule has 0 aromatic rings. The Morgan fingerprint density at radius 2 is 1.71 bits per heavy atom. The zero-order chi connectivity index (χ0) is 21.1. The summed E-state index contributed by atoms with van der Waals surface area (Å²) in [6.07, 6.45) is 6.00. The third-order valence-corrected chi connectivity index (χ3v) is 10.3. The molecule has 0 amide bonds. The monoisotopic (exact) mass is 456 g/mol. The molecule has 5 nitrogen and oxygen atoms in total. The first-order valence-corrected chi connectivity index (χ1v) is 11.8. The van der Waals surface area contributed by atoms with E-state index in [4.69, 9.17) is 5.11 Å². The third-order valence-electron chi connectivity index (χ3n) is 10.3. The molecule has 7 heteroatoms. The summed E-state index contributed by atoms with van der Waals surface area (Å²) in [5.41, 5.74) is -0.143. The van der Waals surface area contributed by atoms with Gasteiger partial charge in [-0.2, -0.15) is 0 Å². The molecule has 170 valence electrons. The fraction of sp³-hybridized carbons (Fsp3) is 0.958. The zero-order valence-corrected chi connectivity index (χ0v) is 24.3. The van der Waals surface area contributed by atoms with Gasteiger partial charge in [0.1, 0.15) is 0 Å². The molecule has 0 unspecified atom stereocenters. The van der Waals surface area contributed by atoms with Gasteiger partial charge in [0.2, 0.25) is 0 Å². The Bertz CT molecular complexity index is 658. The van der Waals surface area contributed by atoms with Gasteiger partial charge in [0, 0.05) is 6.42 Å². The van der Waals surface area contributed by atoms with Crippen molar-refractivity contribution >= 4 is 5.97 Å². The first-order valence-electron chi connectivity index (χ1n) is 11.8. The Hall–Kier alpha value is 1.35. The number of aliphatic hydroxyl groups excluding tert-OH is 3. The summed E-state index contributed by atoms with van der Waals surface area (Å²) in [6, 6.07) is 0. The van der Waals surface area contributed by atoms with Crippen molar-refractivity contribution in [1.29, 1.82) is 0 Å². The van der Waals surface area contributed by atoms with E-state index in [1.54, 1.807) is 0 Å². The molecule has 0 aromatic heterocycles. The average molecular weight is 457 g/mol. The minimum atomic E-state index is -0.748. The van der Waals surface area contributed by atoms with Crippen LogP contribution >= 0.6 is 0 Å². The number of hydrogen-bond acceptors (Lipinski definition) is 4. The Balaban J connectivity index is 0.00000256. The molecular weight excluding hydrogens is 414 g/mol. The van der Waals surface area contributed by atoms with Crippen LogP contribution in [0.1, 0.15) is 81.4 Å². The summed E-state index contributed by atoms with van der Waals surface area (Å²) in [4.78, 5) is 11.1. The molecule has 0 bridgehead atoms. The van der Waals surface area contributed by atoms with E-state index in [2.05, 4.69) is 20.8 Å². The van der Waals surface area contributed by atoms with Crippen molar-refractivity contribution in [3.8, 4) is 0 Å². The van der Waals surface area contributed by atoms with Crippen LogP contribution < -0.4 is 59.1 Å². The van der Waals surface area contributed by atoms with Gasteiger partial charge in [-0.15, -0.1) is 0 Å². The van der Waals surface area contributed by atoms with E-state index in [-0.39, 0.29) is 103 Å². The zero-order valence-electron chi connectivity index (χ0n) is 22.3. The van der Waals surface area contributed by atoms with E-state index in [0.29, 0.717) is 30.1 Å². The van der Waals surface area contributed by atoms with E-state index in [9.17, 15) is 20.1 Å². The van der Waals surface area contributed by atoms with Crippen molar-refractivity contribution in [2.24, 2.45) is 46.3 Å². The van der Waals surface area contributed by atoms with Crippen LogP contribution in [-0.4, -0.2) is 44.7 Å². The molecular formula is C24H42Na2O5. The van der Waals surface area contributed by atoms with Crippen LogP contribution in [0.25, 0.3) is 0 Å². The first kappa shape index (κ1) is 28.6. The molecule has 4 aliphatic carbocycles. The minimum Gasteiger partial charge on any atom is -1.00 e. The standard InChI is InChI=1S/C24H40O5.2Na.2H/c1-13(4-7-21(28)29)16-5-6-17-22-18(12-20(27)24(16,17)3)23(2)9-8-15(25)10-14(23)11-19(22)26;;;;/h13-20,22,25-27H,4-12H2,1-3H3,(H,28,29);;;;/q;2*+1;2*-1/t13-,14+,15-,16-,17+,18+,19-,20+,22+,23+,24-;;;;/m1..../s1. The number of hydrogen-bond donors (Lipinski definition) is 4. The Morgan fingerprint density at radius 3 is 2.35 bits per heavy atom. The summed E-state index contributed by atoms with van der Waals surface area (Å²) >= 11 is 0. The van der Waals surface area contributed by atoms with Crippen LogP contribution in [0.2, 0.25) is 0 Å². The predicted molar refractivity (Wildman–Crippen MR) is 112 cm³/mol. The number of rotatable bonds is 4. The van der Waals surface area contributed by atoms with Crippen LogP contribution in [0.4, 0.5) is 0 Å². The number of aliphatic hydroxyl groups is 3. The topological polar surface area (TPSA) is 98.0 Å².